The van der Waals surface area contributed by atoms with Gasteiger partial charge in [0.25, 0.3) is 0 Å². The molecule has 1 aliphatic heterocycles. The van der Waals surface area contributed by atoms with Crippen LogP contribution in [0.3, 0.4) is 0 Å². The van der Waals surface area contributed by atoms with E-state index in [-0.39, 0.29) is 12.1 Å². The molecule has 7 heteroatoms. The highest BCUT2D eigenvalue weighted by molar-refractivity contribution is 6.33. The van der Waals surface area contributed by atoms with E-state index >= 15 is 0 Å². The third-order valence-corrected chi connectivity index (χ3v) is 6.56. The summed E-state index contributed by atoms with van der Waals surface area (Å²) >= 11 is 6.44. The van der Waals surface area contributed by atoms with Gasteiger partial charge in [-0.25, -0.2) is 9.78 Å². The Morgan fingerprint density at radius 1 is 1.19 bits per heavy atom. The Labute approximate surface area is 163 Å². The standard InChI is InChI=1S/C20H24ClN5O/c21-16-11-22-18(25-19(27)24-13-4-2-1-3-5-13)8-14(16)15-10-23-26-12-20(6-7-20)9-17(15)26/h8,10-11,13H,1-7,9,12H2,(H2,22,24,25,27). The number of carbonyl (C=O) groups is 1. The maximum atomic E-state index is 12.3. The second-order valence-corrected chi connectivity index (χ2v) is 8.73. The predicted molar refractivity (Wildman–Crippen MR) is 105 cm³/mol. The summed E-state index contributed by atoms with van der Waals surface area (Å²) in [4.78, 5) is 16.6. The summed E-state index contributed by atoms with van der Waals surface area (Å²) in [5.74, 6) is 0.516. The van der Waals surface area contributed by atoms with E-state index in [4.69, 9.17) is 11.6 Å². The van der Waals surface area contributed by atoms with Crippen LogP contribution < -0.4 is 10.6 Å². The van der Waals surface area contributed by atoms with Gasteiger partial charge in [0.05, 0.1) is 11.2 Å². The van der Waals surface area contributed by atoms with E-state index in [1.54, 1.807) is 6.20 Å². The van der Waals surface area contributed by atoms with Crippen molar-refractivity contribution >= 4 is 23.4 Å². The molecule has 0 radical (unpaired) electrons. The van der Waals surface area contributed by atoms with Crippen molar-refractivity contribution in [2.24, 2.45) is 5.41 Å². The van der Waals surface area contributed by atoms with Crippen molar-refractivity contribution in [2.75, 3.05) is 5.32 Å². The van der Waals surface area contributed by atoms with Crippen LogP contribution in [0.4, 0.5) is 10.6 Å². The van der Waals surface area contributed by atoms with E-state index in [9.17, 15) is 4.79 Å². The summed E-state index contributed by atoms with van der Waals surface area (Å²) in [6.45, 7) is 1.01. The molecule has 3 aliphatic rings. The maximum Gasteiger partial charge on any atom is 0.320 e. The first kappa shape index (κ1) is 17.0. The third-order valence-electron chi connectivity index (χ3n) is 6.26. The molecule has 0 bridgehead atoms. The zero-order valence-electron chi connectivity index (χ0n) is 15.3. The largest absolute Gasteiger partial charge is 0.335 e. The molecule has 2 N–H and O–H groups in total. The number of urea groups is 1. The number of hydrogen-bond acceptors (Lipinski definition) is 3. The van der Waals surface area contributed by atoms with Gasteiger partial charge >= 0.3 is 6.03 Å². The molecule has 0 aromatic carbocycles. The third kappa shape index (κ3) is 3.31. The van der Waals surface area contributed by atoms with Crippen LogP contribution in [-0.2, 0) is 13.0 Å². The minimum absolute atomic E-state index is 0.195. The Bertz CT molecular complexity index is 882. The molecule has 0 atom stereocenters. The number of fused-ring (bicyclic) bond motifs is 1. The molecular formula is C20H24ClN5O. The van der Waals surface area contributed by atoms with Crippen molar-refractivity contribution in [3.63, 3.8) is 0 Å². The Morgan fingerprint density at radius 2 is 2.00 bits per heavy atom. The van der Waals surface area contributed by atoms with Crippen molar-refractivity contribution in [1.82, 2.24) is 20.1 Å². The second-order valence-electron chi connectivity index (χ2n) is 8.32. The van der Waals surface area contributed by atoms with Gasteiger partial charge in [-0.1, -0.05) is 30.9 Å². The van der Waals surface area contributed by atoms with Crippen molar-refractivity contribution < 1.29 is 4.79 Å². The van der Waals surface area contributed by atoms with Gasteiger partial charge in [-0.3, -0.25) is 10.00 Å². The lowest BCUT2D eigenvalue weighted by atomic mass is 9.96. The summed E-state index contributed by atoms with van der Waals surface area (Å²) in [5, 5.41) is 11.1. The lowest BCUT2D eigenvalue weighted by Crippen LogP contribution is -2.39. The number of halogens is 1. The first-order chi connectivity index (χ1) is 13.1. The fourth-order valence-electron chi connectivity index (χ4n) is 4.50. The van der Waals surface area contributed by atoms with Crippen LogP contribution in [0, 0.1) is 5.41 Å². The van der Waals surface area contributed by atoms with Gasteiger partial charge in [-0.05, 0) is 43.6 Å². The molecule has 0 unspecified atom stereocenters. The van der Waals surface area contributed by atoms with Gasteiger partial charge in [0.2, 0.25) is 0 Å². The lowest BCUT2D eigenvalue weighted by Gasteiger charge is -2.22. The van der Waals surface area contributed by atoms with Crippen LogP contribution in [0.5, 0.6) is 0 Å². The first-order valence-corrected chi connectivity index (χ1v) is 10.3. The second kappa shape index (κ2) is 6.51. The molecule has 6 nitrogen and oxygen atoms in total. The minimum atomic E-state index is -0.195. The molecule has 5 rings (SSSR count). The average molecular weight is 386 g/mol. The van der Waals surface area contributed by atoms with Crippen LogP contribution in [0.25, 0.3) is 11.1 Å². The Kier molecular flexibility index (Phi) is 4.11. The van der Waals surface area contributed by atoms with Crippen LogP contribution in [0.1, 0.15) is 50.6 Å². The summed E-state index contributed by atoms with van der Waals surface area (Å²) < 4.78 is 2.11. The molecule has 2 amide bonds. The summed E-state index contributed by atoms with van der Waals surface area (Å²) in [6, 6.07) is 1.93. The van der Waals surface area contributed by atoms with E-state index in [1.807, 2.05) is 12.3 Å². The molecule has 2 fully saturated rings. The number of pyridine rings is 1. The molecule has 1 spiro atoms. The highest BCUT2D eigenvalue weighted by Crippen LogP contribution is 2.54. The number of carbonyl (C=O) groups excluding carboxylic acids is 1. The Hall–Kier alpha value is -2.08. The van der Waals surface area contributed by atoms with E-state index in [0.717, 1.165) is 36.9 Å². The highest BCUT2D eigenvalue weighted by Gasteiger charge is 2.48. The van der Waals surface area contributed by atoms with Crippen LogP contribution in [0.15, 0.2) is 18.5 Å². The van der Waals surface area contributed by atoms with Crippen molar-refractivity contribution in [3.8, 4) is 11.1 Å². The van der Waals surface area contributed by atoms with Gasteiger partial charge in [-0.2, -0.15) is 5.10 Å². The Morgan fingerprint density at radius 3 is 2.78 bits per heavy atom. The lowest BCUT2D eigenvalue weighted by molar-refractivity contribution is 0.244. The summed E-state index contributed by atoms with van der Waals surface area (Å²) in [5.41, 5.74) is 3.64. The SMILES string of the molecule is O=C(Nc1cc(-c2cnn3c2CC2(CC2)C3)c(Cl)cn1)NC1CCCCC1. The van der Waals surface area contributed by atoms with Gasteiger partial charge in [0, 0.05) is 35.6 Å². The summed E-state index contributed by atoms with van der Waals surface area (Å²) in [6.07, 6.45) is 12.9. The van der Waals surface area contributed by atoms with Gasteiger partial charge in [0.15, 0.2) is 0 Å². The van der Waals surface area contributed by atoms with Crippen molar-refractivity contribution in [1.29, 1.82) is 0 Å². The Balaban J connectivity index is 1.34. The average Bonchev–Trinajstić information content (AvgIpc) is 3.16. The number of nitrogens with zero attached hydrogens (tertiary/aromatic N) is 3. The number of hydrogen-bond donors (Lipinski definition) is 2. The van der Waals surface area contributed by atoms with E-state index in [1.165, 1.54) is 37.8 Å². The molecule has 2 aromatic heterocycles. The number of nitrogens with one attached hydrogen (secondary N) is 2. The zero-order valence-corrected chi connectivity index (χ0v) is 16.1. The highest BCUT2D eigenvalue weighted by atomic mass is 35.5. The molecule has 0 saturated heterocycles. The van der Waals surface area contributed by atoms with Crippen molar-refractivity contribution in [3.05, 3.63) is 29.2 Å². The topological polar surface area (TPSA) is 71.8 Å². The molecule has 142 valence electrons. The molecular weight excluding hydrogens is 362 g/mol. The van der Waals surface area contributed by atoms with E-state index < -0.39 is 0 Å². The van der Waals surface area contributed by atoms with Gasteiger partial charge < -0.3 is 5.32 Å². The summed E-state index contributed by atoms with van der Waals surface area (Å²) in [7, 11) is 0. The number of rotatable bonds is 3. The van der Waals surface area contributed by atoms with Gasteiger partial charge in [0.1, 0.15) is 5.82 Å². The fourth-order valence-corrected chi connectivity index (χ4v) is 4.70. The number of amides is 2. The van der Waals surface area contributed by atoms with E-state index in [2.05, 4.69) is 25.4 Å². The first-order valence-electron chi connectivity index (χ1n) is 9.90. The number of anilines is 1. The normalized spacial score (nSPS) is 20.5. The quantitative estimate of drug-likeness (QED) is 0.823. The van der Waals surface area contributed by atoms with Crippen LogP contribution >= 0.6 is 11.6 Å². The predicted octanol–water partition coefficient (Wildman–Crippen LogP) is 4.39. The fraction of sp³-hybridized carbons (Fsp3) is 0.550. The molecule has 2 aliphatic carbocycles. The van der Waals surface area contributed by atoms with E-state index in [0.29, 0.717) is 16.3 Å². The van der Waals surface area contributed by atoms with Gasteiger partial charge in [-0.15, -0.1) is 0 Å². The van der Waals surface area contributed by atoms with Crippen LogP contribution in [-0.4, -0.2) is 26.8 Å². The zero-order chi connectivity index (χ0) is 18.4. The molecule has 2 aromatic rings. The van der Waals surface area contributed by atoms with Crippen molar-refractivity contribution in [2.45, 2.75) is 64.0 Å². The molecule has 2 saturated carbocycles. The van der Waals surface area contributed by atoms with Crippen LogP contribution in [0.2, 0.25) is 5.02 Å². The smallest absolute Gasteiger partial charge is 0.320 e. The minimum Gasteiger partial charge on any atom is -0.335 e. The molecule has 3 heterocycles. The number of aromatic nitrogens is 3. The monoisotopic (exact) mass is 385 g/mol. The maximum absolute atomic E-state index is 12.3. The molecule has 27 heavy (non-hydrogen) atoms.